The maximum atomic E-state index is 11.7. The van der Waals surface area contributed by atoms with Gasteiger partial charge in [-0.2, -0.15) is 0 Å². The number of hydrazine groups is 1. The molecule has 7 heteroatoms. The Balaban J connectivity index is 1.53. The van der Waals surface area contributed by atoms with Crippen LogP contribution in [0.25, 0.3) is 0 Å². The summed E-state index contributed by atoms with van der Waals surface area (Å²) in [5.41, 5.74) is 7.77. The fourth-order valence-corrected chi connectivity index (χ4v) is 3.09. The van der Waals surface area contributed by atoms with Crippen molar-refractivity contribution in [3.05, 3.63) is 35.4 Å². The molecule has 5 nitrogen and oxygen atoms in total. The average Bonchev–Trinajstić information content (AvgIpc) is 3.06. The van der Waals surface area contributed by atoms with Crippen LogP contribution in [0, 0.1) is 6.92 Å². The van der Waals surface area contributed by atoms with E-state index in [1.807, 2.05) is 0 Å². The van der Waals surface area contributed by atoms with Crippen molar-refractivity contribution in [2.75, 3.05) is 18.9 Å². The second kappa shape index (κ2) is 9.75. The first-order valence-electron chi connectivity index (χ1n) is 7.71. The second-order valence-electron chi connectivity index (χ2n) is 5.50. The zero-order chi connectivity index (χ0) is 16.5. The molecule has 2 rings (SSSR count). The molecule has 1 aromatic carbocycles. The molecule has 1 aromatic rings. The molecule has 1 amide bonds. The topological polar surface area (TPSA) is 62.4 Å². The maximum absolute atomic E-state index is 11.7. The highest BCUT2D eigenvalue weighted by Gasteiger charge is 2.15. The number of benzene rings is 1. The molecule has 126 valence electrons. The summed E-state index contributed by atoms with van der Waals surface area (Å²) in [6.07, 6.45) is 2.37. The molecule has 3 N–H and O–H groups in total. The van der Waals surface area contributed by atoms with E-state index in [4.69, 9.17) is 17.0 Å². The van der Waals surface area contributed by atoms with Gasteiger partial charge in [0.1, 0.15) is 0 Å². The number of carbonyl (C=O) groups excluding carboxylic acids is 1. The van der Waals surface area contributed by atoms with Crippen molar-refractivity contribution in [3.8, 4) is 0 Å². The van der Waals surface area contributed by atoms with Gasteiger partial charge < -0.3 is 10.1 Å². The van der Waals surface area contributed by atoms with Crippen molar-refractivity contribution >= 4 is 35.0 Å². The summed E-state index contributed by atoms with van der Waals surface area (Å²) < 4.78 is 5.49. The molecule has 1 aliphatic rings. The predicted molar refractivity (Wildman–Crippen MR) is 98.2 cm³/mol. The third-order valence-corrected chi connectivity index (χ3v) is 4.70. The molecule has 0 bridgehead atoms. The standard InChI is InChI=1S/C16H23N3O2S2/c1-12-4-6-13(7-5-12)10-23-11-15(20)18-19-16(22)17-9-14-3-2-8-21-14/h4-7,14H,2-3,8-11H2,1H3,(H,18,20)(H2,17,19,22)/t14-/m1/s1. The van der Waals surface area contributed by atoms with Crippen LogP contribution in [0.3, 0.4) is 0 Å². The van der Waals surface area contributed by atoms with E-state index in [2.05, 4.69) is 47.4 Å². The van der Waals surface area contributed by atoms with Gasteiger partial charge in [-0.25, -0.2) is 0 Å². The van der Waals surface area contributed by atoms with Crippen LogP contribution in [0.1, 0.15) is 24.0 Å². The number of rotatable bonds is 6. The Morgan fingerprint density at radius 3 is 2.83 bits per heavy atom. The van der Waals surface area contributed by atoms with Crippen molar-refractivity contribution in [1.82, 2.24) is 16.2 Å². The minimum atomic E-state index is -0.0941. The molecular weight excluding hydrogens is 330 g/mol. The number of carbonyl (C=O) groups is 1. The van der Waals surface area contributed by atoms with Crippen LogP contribution in [-0.2, 0) is 15.3 Å². The van der Waals surface area contributed by atoms with E-state index in [1.165, 1.54) is 11.1 Å². The number of nitrogens with one attached hydrogen (secondary N) is 3. The molecule has 0 aliphatic carbocycles. The highest BCUT2D eigenvalue weighted by molar-refractivity contribution is 7.99. The van der Waals surface area contributed by atoms with Crippen LogP contribution in [0.15, 0.2) is 24.3 Å². The normalized spacial score (nSPS) is 16.8. The lowest BCUT2D eigenvalue weighted by Crippen LogP contribution is -2.48. The number of ether oxygens (including phenoxy) is 1. The maximum Gasteiger partial charge on any atom is 0.248 e. The number of hydrogen-bond donors (Lipinski definition) is 3. The van der Waals surface area contributed by atoms with Crippen LogP contribution in [-0.4, -0.2) is 36.0 Å². The predicted octanol–water partition coefficient (Wildman–Crippen LogP) is 1.90. The van der Waals surface area contributed by atoms with E-state index in [-0.39, 0.29) is 12.0 Å². The lowest BCUT2D eigenvalue weighted by Gasteiger charge is -2.14. The summed E-state index contributed by atoms with van der Waals surface area (Å²) in [4.78, 5) is 11.7. The Kier molecular flexibility index (Phi) is 7.64. The van der Waals surface area contributed by atoms with Crippen molar-refractivity contribution in [3.63, 3.8) is 0 Å². The fourth-order valence-electron chi connectivity index (χ4n) is 2.16. The van der Waals surface area contributed by atoms with Crippen molar-refractivity contribution < 1.29 is 9.53 Å². The fraction of sp³-hybridized carbons (Fsp3) is 0.500. The molecular formula is C16H23N3O2S2. The van der Waals surface area contributed by atoms with Gasteiger partial charge in [0.05, 0.1) is 11.9 Å². The second-order valence-corrected chi connectivity index (χ2v) is 6.89. The van der Waals surface area contributed by atoms with E-state index >= 15 is 0 Å². The molecule has 1 fully saturated rings. The minimum absolute atomic E-state index is 0.0941. The van der Waals surface area contributed by atoms with Gasteiger partial charge in [0, 0.05) is 18.9 Å². The van der Waals surface area contributed by atoms with Gasteiger partial charge in [0.15, 0.2) is 5.11 Å². The molecule has 1 aliphatic heterocycles. The van der Waals surface area contributed by atoms with Crippen LogP contribution in [0.5, 0.6) is 0 Å². The molecule has 1 atom stereocenters. The van der Waals surface area contributed by atoms with E-state index < -0.39 is 0 Å². The number of thiocarbonyl (C=S) groups is 1. The molecule has 23 heavy (non-hydrogen) atoms. The summed E-state index contributed by atoms with van der Waals surface area (Å²) in [6, 6.07) is 8.33. The Morgan fingerprint density at radius 2 is 2.13 bits per heavy atom. The Bertz CT molecular complexity index is 517. The van der Waals surface area contributed by atoms with Crippen LogP contribution < -0.4 is 16.2 Å². The van der Waals surface area contributed by atoms with Gasteiger partial charge in [-0.05, 0) is 37.5 Å². The van der Waals surface area contributed by atoms with Gasteiger partial charge in [-0.1, -0.05) is 29.8 Å². The van der Waals surface area contributed by atoms with Crippen LogP contribution in [0.2, 0.25) is 0 Å². The van der Waals surface area contributed by atoms with E-state index in [0.29, 0.717) is 17.4 Å². The van der Waals surface area contributed by atoms with Gasteiger partial charge in [-0.15, -0.1) is 11.8 Å². The van der Waals surface area contributed by atoms with E-state index in [0.717, 1.165) is 25.2 Å². The van der Waals surface area contributed by atoms with Crippen molar-refractivity contribution in [2.24, 2.45) is 0 Å². The lowest BCUT2D eigenvalue weighted by atomic mass is 10.2. The monoisotopic (exact) mass is 353 g/mol. The quantitative estimate of drug-likeness (QED) is 0.536. The zero-order valence-corrected chi connectivity index (χ0v) is 14.9. The zero-order valence-electron chi connectivity index (χ0n) is 13.3. The van der Waals surface area contributed by atoms with Crippen molar-refractivity contribution in [2.45, 2.75) is 31.6 Å². The minimum Gasteiger partial charge on any atom is -0.376 e. The lowest BCUT2D eigenvalue weighted by molar-refractivity contribution is -0.119. The molecule has 1 heterocycles. The Hall–Kier alpha value is -1.31. The third kappa shape index (κ3) is 7.20. The summed E-state index contributed by atoms with van der Waals surface area (Å²) in [7, 11) is 0. The Labute approximate surface area is 146 Å². The Morgan fingerprint density at radius 1 is 1.35 bits per heavy atom. The number of amides is 1. The molecule has 0 unspecified atom stereocenters. The van der Waals surface area contributed by atoms with Crippen molar-refractivity contribution in [1.29, 1.82) is 0 Å². The first kappa shape index (κ1) is 18.0. The van der Waals surface area contributed by atoms with Crippen LogP contribution >= 0.6 is 24.0 Å². The third-order valence-electron chi connectivity index (χ3n) is 3.45. The first-order chi connectivity index (χ1) is 11.1. The van der Waals surface area contributed by atoms with Gasteiger partial charge in [0.2, 0.25) is 5.91 Å². The molecule has 0 saturated carbocycles. The summed E-state index contributed by atoms with van der Waals surface area (Å²) in [5.74, 6) is 1.10. The van der Waals surface area contributed by atoms with Gasteiger partial charge >= 0.3 is 0 Å². The first-order valence-corrected chi connectivity index (χ1v) is 9.27. The SMILES string of the molecule is Cc1ccc(CSCC(=O)NNC(=S)NC[C@H]2CCCO2)cc1. The number of thioether (sulfide) groups is 1. The summed E-state index contributed by atoms with van der Waals surface area (Å²) >= 11 is 6.68. The smallest absolute Gasteiger partial charge is 0.248 e. The van der Waals surface area contributed by atoms with Gasteiger partial charge in [0.25, 0.3) is 0 Å². The van der Waals surface area contributed by atoms with Crippen LogP contribution in [0.4, 0.5) is 0 Å². The average molecular weight is 354 g/mol. The largest absolute Gasteiger partial charge is 0.376 e. The van der Waals surface area contributed by atoms with E-state index in [1.54, 1.807) is 11.8 Å². The highest BCUT2D eigenvalue weighted by atomic mass is 32.2. The molecule has 1 saturated heterocycles. The summed E-state index contributed by atoms with van der Waals surface area (Å²) in [6.45, 7) is 3.55. The number of hydrogen-bond acceptors (Lipinski definition) is 4. The molecule has 0 aromatic heterocycles. The molecule has 0 radical (unpaired) electrons. The highest BCUT2D eigenvalue weighted by Crippen LogP contribution is 2.12. The summed E-state index contributed by atoms with van der Waals surface area (Å²) in [5, 5.41) is 3.46. The van der Waals surface area contributed by atoms with Gasteiger partial charge in [-0.3, -0.25) is 15.6 Å². The number of aryl methyl sites for hydroxylation is 1. The molecule has 0 spiro atoms. The van der Waals surface area contributed by atoms with E-state index in [9.17, 15) is 4.79 Å².